The fraction of sp³-hybridized carbons (Fsp3) is 0.333. The summed E-state index contributed by atoms with van der Waals surface area (Å²) in [6, 6.07) is 16.4. The number of carboxylic acids is 1. The van der Waals surface area contributed by atoms with E-state index < -0.39 is 24.8 Å². The molecule has 8 nitrogen and oxygen atoms in total. The summed E-state index contributed by atoms with van der Waals surface area (Å²) in [6.45, 7) is -0.193. The summed E-state index contributed by atoms with van der Waals surface area (Å²) in [5.74, 6) is -0.854. The Hall–Kier alpha value is -4.85. The van der Waals surface area contributed by atoms with Crippen LogP contribution in [0.5, 0.6) is 23.0 Å². The second kappa shape index (κ2) is 15.4. The molecule has 1 heterocycles. The number of fused-ring (bicyclic) bond motifs is 2. The van der Waals surface area contributed by atoms with E-state index in [2.05, 4.69) is 15.5 Å². The zero-order valence-corrected chi connectivity index (χ0v) is 27.9. The summed E-state index contributed by atoms with van der Waals surface area (Å²) in [5.41, 5.74) is 5.85. The lowest BCUT2D eigenvalue weighted by Gasteiger charge is -2.20. The Kier molecular flexibility index (Phi) is 10.8. The number of carboxylic acid groups (broad SMARTS) is 1. The van der Waals surface area contributed by atoms with E-state index in [0.29, 0.717) is 60.6 Å². The molecule has 0 saturated carbocycles. The van der Waals surface area contributed by atoms with Gasteiger partial charge in [-0.05, 0) is 109 Å². The highest BCUT2D eigenvalue weighted by atomic mass is 35.5. The fourth-order valence-electron chi connectivity index (χ4n) is 6.49. The van der Waals surface area contributed by atoms with E-state index in [9.17, 15) is 29.1 Å². The molecule has 3 aromatic rings. The van der Waals surface area contributed by atoms with E-state index >= 15 is 0 Å². The third kappa shape index (κ3) is 8.12. The van der Waals surface area contributed by atoms with Crippen molar-refractivity contribution in [3.05, 3.63) is 106 Å². The van der Waals surface area contributed by atoms with Crippen molar-refractivity contribution in [1.82, 2.24) is 0 Å². The van der Waals surface area contributed by atoms with Gasteiger partial charge in [-0.1, -0.05) is 54.4 Å². The first-order valence-corrected chi connectivity index (χ1v) is 17.0. The third-order valence-corrected chi connectivity index (χ3v) is 9.33. The highest BCUT2D eigenvalue weighted by Crippen LogP contribution is 2.46. The van der Waals surface area contributed by atoms with Crippen LogP contribution in [0, 0.1) is 17.2 Å². The number of hydrogen-bond donors (Lipinski definition) is 2. The van der Waals surface area contributed by atoms with Gasteiger partial charge in [0.05, 0.1) is 29.2 Å². The predicted molar refractivity (Wildman–Crippen MR) is 183 cm³/mol. The van der Waals surface area contributed by atoms with Gasteiger partial charge in [-0.25, -0.2) is 0 Å². The molecular weight excluding hydrogens is 668 g/mol. The number of aliphatic carboxylic acids is 1. The van der Waals surface area contributed by atoms with Crippen LogP contribution in [0.2, 0.25) is 5.02 Å². The first kappa shape index (κ1) is 35.0. The van der Waals surface area contributed by atoms with Crippen LogP contribution in [0.3, 0.4) is 0 Å². The van der Waals surface area contributed by atoms with Gasteiger partial charge in [-0.3, -0.25) is 4.79 Å². The first-order chi connectivity index (χ1) is 24.1. The zero-order valence-electron chi connectivity index (χ0n) is 27.2. The fourth-order valence-corrected chi connectivity index (χ4v) is 6.72. The zero-order chi connectivity index (χ0) is 35.3. The van der Waals surface area contributed by atoms with Crippen LogP contribution < -0.4 is 18.9 Å². The van der Waals surface area contributed by atoms with Gasteiger partial charge >= 0.3 is 12.3 Å². The lowest BCUT2D eigenvalue weighted by molar-refractivity contribution is -0.286. The number of unbranched alkanes of at least 4 members (excludes halogenated alkanes) is 1. The maximum absolute atomic E-state index is 13.7. The van der Waals surface area contributed by atoms with Crippen LogP contribution in [0.4, 0.5) is 8.78 Å². The minimum atomic E-state index is -3.70. The average Bonchev–Trinajstić information content (AvgIpc) is 3.63. The molecule has 50 heavy (non-hydrogen) atoms. The van der Waals surface area contributed by atoms with Crippen molar-refractivity contribution in [2.75, 3.05) is 13.2 Å². The molecule has 0 fully saturated rings. The van der Waals surface area contributed by atoms with Gasteiger partial charge in [0.2, 0.25) is 0 Å². The second-order valence-corrected chi connectivity index (χ2v) is 12.9. The number of aryl methyl sites for hydroxylation is 1. The molecule has 260 valence electrons. The van der Waals surface area contributed by atoms with Gasteiger partial charge in [0, 0.05) is 6.07 Å². The van der Waals surface area contributed by atoms with Gasteiger partial charge in [0.1, 0.15) is 24.2 Å². The molecule has 2 N–H and O–H groups in total. The number of aliphatic hydroxyl groups is 1. The lowest BCUT2D eigenvalue weighted by atomic mass is 9.96. The minimum absolute atomic E-state index is 0.0116. The van der Waals surface area contributed by atoms with Crippen LogP contribution in [0.25, 0.3) is 11.1 Å². The van der Waals surface area contributed by atoms with E-state index in [0.717, 1.165) is 46.2 Å². The average molecular weight is 704 g/mol. The lowest BCUT2D eigenvalue weighted by Crippen LogP contribution is -2.25. The molecule has 0 radical (unpaired) electrons. The number of nitriles is 1. The summed E-state index contributed by atoms with van der Waals surface area (Å²) in [5, 5.41) is 28.6. The Labute approximate surface area is 293 Å². The maximum Gasteiger partial charge on any atom is 0.586 e. The molecule has 3 aromatic carbocycles. The van der Waals surface area contributed by atoms with Gasteiger partial charge in [-0.2, -0.15) is 5.26 Å². The molecule has 6 rings (SSSR count). The third-order valence-electron chi connectivity index (χ3n) is 9.03. The number of alkyl halides is 2. The molecule has 0 aromatic heterocycles. The van der Waals surface area contributed by atoms with Crippen molar-refractivity contribution < 1.29 is 42.7 Å². The Bertz CT molecular complexity index is 1900. The van der Waals surface area contributed by atoms with Crippen molar-refractivity contribution in [2.45, 2.75) is 63.8 Å². The van der Waals surface area contributed by atoms with Crippen molar-refractivity contribution >= 4 is 17.6 Å². The number of carbonyl (C=O) groups is 1. The number of aliphatic hydroxyl groups excluding tert-OH is 1. The first-order valence-electron chi connectivity index (χ1n) is 16.6. The Morgan fingerprint density at radius 2 is 1.94 bits per heavy atom. The van der Waals surface area contributed by atoms with E-state index in [1.54, 1.807) is 24.3 Å². The smallest absolute Gasteiger partial charge is 0.488 e. The van der Waals surface area contributed by atoms with Crippen molar-refractivity contribution in [1.29, 1.82) is 5.26 Å². The quantitative estimate of drug-likeness (QED) is 0.170. The minimum Gasteiger partial charge on any atom is -0.488 e. The molecule has 3 aliphatic rings. The summed E-state index contributed by atoms with van der Waals surface area (Å²) < 4.78 is 49.5. The Morgan fingerprint density at radius 1 is 1.10 bits per heavy atom. The number of allylic oxidation sites excluding steroid dienone is 4. The van der Waals surface area contributed by atoms with Crippen LogP contribution in [-0.4, -0.2) is 35.7 Å². The molecule has 0 spiro atoms. The summed E-state index contributed by atoms with van der Waals surface area (Å²) in [4.78, 5) is 11.3. The predicted octanol–water partition coefficient (Wildman–Crippen LogP) is 8.91. The molecular formula is C39H36ClF2NO7. The number of nitrogens with zero attached hydrogens (tertiary/aromatic N) is 1. The molecule has 11 heteroatoms. The summed E-state index contributed by atoms with van der Waals surface area (Å²) >= 11 is 6.82. The van der Waals surface area contributed by atoms with E-state index in [1.165, 1.54) is 6.07 Å². The van der Waals surface area contributed by atoms with Gasteiger partial charge < -0.3 is 29.2 Å². The number of benzene rings is 3. The van der Waals surface area contributed by atoms with E-state index in [-0.39, 0.29) is 24.2 Å². The van der Waals surface area contributed by atoms with Crippen LogP contribution in [0.15, 0.2) is 84.0 Å². The van der Waals surface area contributed by atoms with E-state index in [1.807, 2.05) is 42.5 Å². The van der Waals surface area contributed by atoms with Crippen molar-refractivity contribution in [3.63, 3.8) is 0 Å². The highest BCUT2D eigenvalue weighted by Gasteiger charge is 2.43. The number of rotatable bonds is 13. The largest absolute Gasteiger partial charge is 0.586 e. The SMILES string of the molecule is N#CC1=C/C(COc2cc(O[C@H]3CCc4c(-c5ccc6c(c5)OC(F)(F)O6)cccc43)c(Cl)cc2CCCCC(CO)C(=O)O)=C\CC/C=C\1. The monoisotopic (exact) mass is 703 g/mol. The highest BCUT2D eigenvalue weighted by molar-refractivity contribution is 6.32. The molecule has 1 aliphatic heterocycles. The molecule has 2 atom stereocenters. The normalized spacial score (nSPS) is 20.6. The number of hydrogen-bond acceptors (Lipinski definition) is 7. The van der Waals surface area contributed by atoms with Gasteiger partial charge in [0.25, 0.3) is 0 Å². The molecule has 0 amide bonds. The number of halogens is 3. The molecule has 0 saturated heterocycles. The maximum atomic E-state index is 13.7. The number of ether oxygens (including phenoxy) is 4. The summed E-state index contributed by atoms with van der Waals surface area (Å²) in [6.07, 6.45) is 8.74. The molecule has 2 aliphatic carbocycles. The topological polar surface area (TPSA) is 118 Å². The van der Waals surface area contributed by atoms with Crippen LogP contribution in [0.1, 0.15) is 61.3 Å². The Balaban J connectivity index is 1.23. The summed E-state index contributed by atoms with van der Waals surface area (Å²) in [7, 11) is 0. The van der Waals surface area contributed by atoms with Crippen molar-refractivity contribution in [3.8, 4) is 40.2 Å². The second-order valence-electron chi connectivity index (χ2n) is 12.5. The Morgan fingerprint density at radius 3 is 2.74 bits per heavy atom. The van der Waals surface area contributed by atoms with Gasteiger partial charge in [-0.15, -0.1) is 8.78 Å². The van der Waals surface area contributed by atoms with Crippen LogP contribution in [-0.2, 0) is 17.6 Å². The molecule has 1 unspecified atom stereocenters. The van der Waals surface area contributed by atoms with Gasteiger partial charge in [0.15, 0.2) is 11.5 Å². The van der Waals surface area contributed by atoms with E-state index in [4.69, 9.17) is 21.1 Å². The van der Waals surface area contributed by atoms with Crippen molar-refractivity contribution in [2.24, 2.45) is 5.92 Å². The standard InChI is InChI=1S/C39H36ClF2NO7/c40-32-18-27(9-4-5-10-28(22-44)38(45)46)35(47-23-25-8-3-1-2-7-24(17-25)21-43)20-36(32)48-33-16-14-30-29(11-6-12-31(30)33)26-13-15-34-37(19-26)50-39(41,42)49-34/h2,6-8,11-13,15,17-20,28,33,44H,1,3-5,9-10,14,16,22-23H2,(H,45,46)/b7-2-,24-17+,25-8+/t28?,33-/m0/s1. The molecule has 0 bridgehead atoms. The van der Waals surface area contributed by atoms with Crippen LogP contribution >= 0.6 is 11.6 Å².